The third kappa shape index (κ3) is 2.57. The smallest absolute Gasteiger partial charge is 0.288 e. The topological polar surface area (TPSA) is 18.5 Å². The summed E-state index contributed by atoms with van der Waals surface area (Å²) in [6.07, 6.45) is 0. The minimum Gasteiger partial charge on any atom is -0.318 e. The fraction of sp³-hybridized carbons (Fsp3) is 0.143. The second kappa shape index (κ2) is 6.86. The minimum absolute atomic E-state index is 0.232. The molecule has 1 aliphatic rings. The average Bonchev–Trinajstić information content (AvgIpc) is 3.20. The van der Waals surface area contributed by atoms with Crippen molar-refractivity contribution in [3.8, 4) is 0 Å². The number of hydrogen-bond acceptors (Lipinski definition) is 2. The van der Waals surface area contributed by atoms with Gasteiger partial charge in [0.05, 0.1) is 13.2 Å². The van der Waals surface area contributed by atoms with Crippen LogP contribution in [0.25, 0.3) is 0 Å². The number of rotatable bonds is 4. The van der Waals surface area contributed by atoms with Crippen molar-refractivity contribution in [2.45, 2.75) is 6.03 Å². The van der Waals surface area contributed by atoms with E-state index in [1.165, 1.54) is 15.9 Å². The summed E-state index contributed by atoms with van der Waals surface area (Å²) in [5, 5.41) is 3.86. The molecule has 0 aliphatic carbocycles. The van der Waals surface area contributed by atoms with Crippen LogP contribution in [0.3, 0.4) is 0 Å². The fourth-order valence-electron chi connectivity index (χ4n) is 3.37. The largest absolute Gasteiger partial charge is 0.318 e. The Hall–Kier alpha value is -1.99. The Kier molecular flexibility index (Phi) is 4.44. The fourth-order valence-corrected chi connectivity index (χ4v) is 7.58. The lowest BCUT2D eigenvalue weighted by molar-refractivity contribution is 0.0291. The van der Waals surface area contributed by atoms with Crippen LogP contribution in [0.4, 0.5) is 0 Å². The predicted octanol–water partition coefficient (Wildman–Crippen LogP) is 3.31. The van der Waals surface area contributed by atoms with Crippen molar-refractivity contribution in [2.75, 3.05) is 13.2 Å². The van der Waals surface area contributed by atoms with Crippen molar-refractivity contribution in [1.29, 1.82) is 0 Å². The van der Waals surface area contributed by atoms with Crippen LogP contribution >= 0.6 is 7.26 Å². The van der Waals surface area contributed by atoms with Crippen molar-refractivity contribution in [1.82, 2.24) is 0 Å². The zero-order valence-electron chi connectivity index (χ0n) is 13.4. The third-order valence-corrected chi connectivity index (χ3v) is 8.68. The Morgan fingerprint density at radius 1 is 0.542 bits per heavy atom. The molecule has 2 nitrogen and oxygen atoms in total. The second-order valence-corrected chi connectivity index (χ2v) is 9.19. The van der Waals surface area contributed by atoms with Gasteiger partial charge in [0.25, 0.3) is 6.03 Å². The molecule has 4 rings (SSSR count). The first kappa shape index (κ1) is 15.5. The van der Waals surface area contributed by atoms with Crippen LogP contribution in [-0.2, 0) is 9.47 Å². The number of benzene rings is 3. The molecule has 1 heterocycles. The molecule has 1 saturated heterocycles. The normalized spacial score (nSPS) is 15.5. The van der Waals surface area contributed by atoms with E-state index in [9.17, 15) is 0 Å². The highest BCUT2D eigenvalue weighted by Crippen LogP contribution is 2.61. The highest BCUT2D eigenvalue weighted by Gasteiger charge is 2.56. The highest BCUT2D eigenvalue weighted by molar-refractivity contribution is 7.96. The lowest BCUT2D eigenvalue weighted by atomic mass is 10.4. The number of hydrogen-bond donors (Lipinski definition) is 0. The molecule has 120 valence electrons. The van der Waals surface area contributed by atoms with Gasteiger partial charge >= 0.3 is 0 Å². The van der Waals surface area contributed by atoms with Gasteiger partial charge in [-0.3, -0.25) is 0 Å². The first-order valence-corrected chi connectivity index (χ1v) is 10.1. The van der Waals surface area contributed by atoms with Crippen LogP contribution in [0.15, 0.2) is 91.0 Å². The minimum atomic E-state index is -2.05. The van der Waals surface area contributed by atoms with Gasteiger partial charge in [-0.1, -0.05) is 54.6 Å². The summed E-state index contributed by atoms with van der Waals surface area (Å²) in [5.41, 5.74) is 0. The predicted molar refractivity (Wildman–Crippen MR) is 101 cm³/mol. The molecule has 3 heteroatoms. The quantitative estimate of drug-likeness (QED) is 0.681. The van der Waals surface area contributed by atoms with Gasteiger partial charge in [0.15, 0.2) is 7.26 Å². The summed E-state index contributed by atoms with van der Waals surface area (Å²) in [6, 6.07) is 31.8. The Morgan fingerprint density at radius 2 is 0.875 bits per heavy atom. The Bertz CT molecular complexity index is 672. The summed E-state index contributed by atoms with van der Waals surface area (Å²) in [4.78, 5) is 0. The maximum absolute atomic E-state index is 6.11. The zero-order valence-corrected chi connectivity index (χ0v) is 14.3. The van der Waals surface area contributed by atoms with Crippen molar-refractivity contribution < 1.29 is 9.47 Å². The van der Waals surface area contributed by atoms with E-state index in [4.69, 9.17) is 9.47 Å². The van der Waals surface area contributed by atoms with Crippen molar-refractivity contribution in [3.05, 3.63) is 91.0 Å². The summed E-state index contributed by atoms with van der Waals surface area (Å²) in [6.45, 7) is 1.30. The monoisotopic (exact) mass is 335 g/mol. The van der Waals surface area contributed by atoms with Crippen LogP contribution in [0.5, 0.6) is 0 Å². The van der Waals surface area contributed by atoms with Gasteiger partial charge in [0.1, 0.15) is 15.9 Å². The number of ether oxygens (including phenoxy) is 2. The van der Waals surface area contributed by atoms with Gasteiger partial charge in [-0.05, 0) is 36.4 Å². The maximum Gasteiger partial charge on any atom is 0.288 e. The van der Waals surface area contributed by atoms with E-state index in [1.54, 1.807) is 0 Å². The lowest BCUT2D eigenvalue weighted by Gasteiger charge is -2.30. The van der Waals surface area contributed by atoms with Crippen LogP contribution < -0.4 is 15.9 Å². The molecule has 0 radical (unpaired) electrons. The highest BCUT2D eigenvalue weighted by atomic mass is 31.2. The van der Waals surface area contributed by atoms with Gasteiger partial charge in [-0.25, -0.2) is 0 Å². The Morgan fingerprint density at radius 3 is 1.21 bits per heavy atom. The van der Waals surface area contributed by atoms with Crippen molar-refractivity contribution in [3.63, 3.8) is 0 Å². The van der Waals surface area contributed by atoms with Gasteiger partial charge in [0, 0.05) is 0 Å². The molecule has 0 bridgehead atoms. The maximum atomic E-state index is 6.11. The van der Waals surface area contributed by atoms with Crippen molar-refractivity contribution >= 4 is 23.2 Å². The SMILES string of the molecule is c1ccc([P+](c2ccccc2)(c2ccccc2)C2OCCO2)cc1. The van der Waals surface area contributed by atoms with E-state index in [1.807, 2.05) is 0 Å². The average molecular weight is 335 g/mol. The van der Waals surface area contributed by atoms with E-state index in [0.717, 1.165) is 0 Å². The van der Waals surface area contributed by atoms with E-state index in [2.05, 4.69) is 91.0 Å². The first-order valence-electron chi connectivity index (χ1n) is 8.21. The second-order valence-electron chi connectivity index (χ2n) is 5.78. The molecule has 0 saturated carbocycles. The molecular formula is C21H20O2P+. The molecule has 0 spiro atoms. The molecule has 1 fully saturated rings. The van der Waals surface area contributed by atoms with Crippen molar-refractivity contribution in [2.24, 2.45) is 0 Å². The van der Waals surface area contributed by atoms with Gasteiger partial charge < -0.3 is 9.47 Å². The van der Waals surface area contributed by atoms with Gasteiger partial charge in [0.2, 0.25) is 0 Å². The first-order chi connectivity index (χ1) is 11.9. The van der Waals surface area contributed by atoms with Crippen LogP contribution in [0.2, 0.25) is 0 Å². The standard InChI is InChI=1S/C21H20O2P/c1-4-10-18(11-5-1)24(21-22-16-17-23-21,19-12-6-2-7-13-19)20-14-8-3-9-15-20/h1-15,21H,16-17H2/q+1. The van der Waals surface area contributed by atoms with E-state index < -0.39 is 7.26 Å². The molecule has 3 aromatic rings. The Labute approximate surface area is 143 Å². The molecule has 1 aliphatic heterocycles. The molecule has 0 aromatic heterocycles. The molecule has 0 amide bonds. The summed E-state index contributed by atoms with van der Waals surface area (Å²) in [7, 11) is -2.05. The Balaban J connectivity index is 2.03. The molecule has 0 unspecified atom stereocenters. The van der Waals surface area contributed by atoms with E-state index in [0.29, 0.717) is 13.2 Å². The van der Waals surface area contributed by atoms with Gasteiger partial charge in [-0.15, -0.1) is 0 Å². The van der Waals surface area contributed by atoms with Crippen LogP contribution in [-0.4, -0.2) is 19.2 Å². The summed E-state index contributed by atoms with van der Waals surface area (Å²) >= 11 is 0. The molecule has 3 aromatic carbocycles. The van der Waals surface area contributed by atoms with E-state index >= 15 is 0 Å². The van der Waals surface area contributed by atoms with Gasteiger partial charge in [-0.2, -0.15) is 0 Å². The van der Waals surface area contributed by atoms with E-state index in [-0.39, 0.29) is 6.03 Å². The summed E-state index contributed by atoms with van der Waals surface area (Å²) < 4.78 is 12.2. The molecular weight excluding hydrogens is 315 g/mol. The summed E-state index contributed by atoms with van der Waals surface area (Å²) in [5.74, 6) is 0. The van der Waals surface area contributed by atoms with Crippen LogP contribution in [0.1, 0.15) is 0 Å². The molecule has 0 atom stereocenters. The third-order valence-electron chi connectivity index (χ3n) is 4.41. The van der Waals surface area contributed by atoms with Crippen LogP contribution in [0, 0.1) is 0 Å². The molecule has 24 heavy (non-hydrogen) atoms. The lowest BCUT2D eigenvalue weighted by Crippen LogP contribution is -2.39. The zero-order chi connectivity index (χ0) is 16.2. The molecule has 0 N–H and O–H groups in total.